The minimum atomic E-state index is -0.378. The molecule has 0 unspecified atom stereocenters. The lowest BCUT2D eigenvalue weighted by atomic mass is 10.2. The summed E-state index contributed by atoms with van der Waals surface area (Å²) >= 11 is 18.5. The Hall–Kier alpha value is -2.80. The van der Waals surface area contributed by atoms with Crippen LogP contribution in [0.1, 0.15) is 21.5 Å². The standard InChI is InChI=1S/C21H16Cl3N3O3/c1-29-19-8-13(10-26-27-21(28)14-3-2-6-25-11-14)7-18(24)20(19)30-12-15-4-5-16(22)9-17(15)23/h2-11H,12H2,1H3,(H,27,28)/b26-10+. The summed E-state index contributed by atoms with van der Waals surface area (Å²) in [7, 11) is 1.50. The van der Waals surface area contributed by atoms with E-state index in [9.17, 15) is 4.79 Å². The van der Waals surface area contributed by atoms with Crippen molar-refractivity contribution in [2.75, 3.05) is 7.11 Å². The van der Waals surface area contributed by atoms with Gasteiger partial charge >= 0.3 is 0 Å². The number of carbonyl (C=O) groups excluding carboxylic acids is 1. The molecule has 0 aliphatic carbocycles. The number of ether oxygens (including phenoxy) is 2. The van der Waals surface area contributed by atoms with Crippen LogP contribution in [-0.2, 0) is 6.61 Å². The number of aromatic nitrogens is 1. The summed E-state index contributed by atoms with van der Waals surface area (Å²) in [5.74, 6) is 0.395. The summed E-state index contributed by atoms with van der Waals surface area (Å²) in [6.45, 7) is 0.181. The molecule has 0 saturated heterocycles. The van der Waals surface area contributed by atoms with Gasteiger partial charge in [0, 0.05) is 28.0 Å². The van der Waals surface area contributed by atoms with Gasteiger partial charge in [0.05, 0.1) is 23.9 Å². The largest absolute Gasteiger partial charge is 0.493 e. The summed E-state index contributed by atoms with van der Waals surface area (Å²) in [5, 5.41) is 5.29. The molecule has 0 atom stereocenters. The molecule has 1 amide bonds. The molecule has 0 fully saturated rings. The number of nitrogens with zero attached hydrogens (tertiary/aromatic N) is 2. The number of hydrogen-bond donors (Lipinski definition) is 1. The van der Waals surface area contributed by atoms with Gasteiger partial charge in [-0.2, -0.15) is 5.10 Å². The molecule has 1 heterocycles. The number of hydrazone groups is 1. The van der Waals surface area contributed by atoms with Crippen molar-refractivity contribution in [3.8, 4) is 11.5 Å². The van der Waals surface area contributed by atoms with E-state index >= 15 is 0 Å². The van der Waals surface area contributed by atoms with Gasteiger partial charge in [-0.3, -0.25) is 9.78 Å². The first-order valence-corrected chi connectivity index (χ1v) is 9.79. The molecule has 154 valence electrons. The Kier molecular flexibility index (Phi) is 7.52. The molecule has 0 aliphatic rings. The predicted octanol–water partition coefficient (Wildman–Crippen LogP) is 5.39. The van der Waals surface area contributed by atoms with E-state index in [2.05, 4.69) is 15.5 Å². The maximum absolute atomic E-state index is 12.0. The third-order valence-electron chi connectivity index (χ3n) is 3.94. The summed E-state index contributed by atoms with van der Waals surface area (Å²) in [4.78, 5) is 15.9. The highest BCUT2D eigenvalue weighted by Gasteiger charge is 2.13. The summed E-state index contributed by atoms with van der Waals surface area (Å²) in [5.41, 5.74) is 4.19. The van der Waals surface area contributed by atoms with E-state index in [1.807, 2.05) is 0 Å². The van der Waals surface area contributed by atoms with Crippen LogP contribution in [0.4, 0.5) is 0 Å². The Morgan fingerprint density at radius 1 is 1.17 bits per heavy atom. The van der Waals surface area contributed by atoms with Crippen LogP contribution in [0.2, 0.25) is 15.1 Å². The van der Waals surface area contributed by atoms with Gasteiger partial charge in [0.25, 0.3) is 5.91 Å². The molecule has 0 saturated carbocycles. The van der Waals surface area contributed by atoms with Crippen LogP contribution in [0.15, 0.2) is 60.0 Å². The normalized spacial score (nSPS) is 10.8. The third-order valence-corrected chi connectivity index (χ3v) is 4.81. The van der Waals surface area contributed by atoms with Crippen LogP contribution in [0, 0.1) is 0 Å². The Morgan fingerprint density at radius 3 is 2.70 bits per heavy atom. The van der Waals surface area contributed by atoms with Crippen LogP contribution in [0.3, 0.4) is 0 Å². The average Bonchev–Trinajstić information content (AvgIpc) is 2.74. The van der Waals surface area contributed by atoms with Crippen molar-refractivity contribution in [2.24, 2.45) is 5.10 Å². The van der Waals surface area contributed by atoms with E-state index in [4.69, 9.17) is 44.3 Å². The van der Waals surface area contributed by atoms with Gasteiger partial charge in [-0.15, -0.1) is 0 Å². The number of nitrogens with one attached hydrogen (secondary N) is 1. The van der Waals surface area contributed by atoms with Crippen molar-refractivity contribution in [3.05, 3.63) is 86.6 Å². The molecule has 0 bridgehead atoms. The highest BCUT2D eigenvalue weighted by molar-refractivity contribution is 6.35. The minimum absolute atomic E-state index is 0.181. The molecule has 0 radical (unpaired) electrons. The zero-order valence-electron chi connectivity index (χ0n) is 15.7. The van der Waals surface area contributed by atoms with Gasteiger partial charge in [-0.25, -0.2) is 5.43 Å². The molecule has 2 aromatic carbocycles. The first-order valence-electron chi connectivity index (χ1n) is 8.65. The van der Waals surface area contributed by atoms with Crippen molar-refractivity contribution in [1.82, 2.24) is 10.4 Å². The van der Waals surface area contributed by atoms with Crippen LogP contribution < -0.4 is 14.9 Å². The molecule has 1 aromatic heterocycles. The van der Waals surface area contributed by atoms with Crippen molar-refractivity contribution in [1.29, 1.82) is 0 Å². The van der Waals surface area contributed by atoms with Crippen LogP contribution >= 0.6 is 34.8 Å². The molecular formula is C21H16Cl3N3O3. The first-order chi connectivity index (χ1) is 14.5. The zero-order valence-corrected chi connectivity index (χ0v) is 18.0. The maximum atomic E-state index is 12.0. The number of pyridine rings is 1. The molecule has 3 aromatic rings. The number of amides is 1. The number of rotatable bonds is 7. The van der Waals surface area contributed by atoms with Crippen molar-refractivity contribution in [3.63, 3.8) is 0 Å². The Bertz CT molecular complexity index is 1080. The highest BCUT2D eigenvalue weighted by atomic mass is 35.5. The van der Waals surface area contributed by atoms with Gasteiger partial charge < -0.3 is 9.47 Å². The fourth-order valence-corrected chi connectivity index (χ4v) is 3.21. The lowest BCUT2D eigenvalue weighted by Gasteiger charge is -2.14. The maximum Gasteiger partial charge on any atom is 0.272 e. The van der Waals surface area contributed by atoms with Crippen LogP contribution in [0.5, 0.6) is 11.5 Å². The molecule has 3 rings (SSSR count). The summed E-state index contributed by atoms with van der Waals surface area (Å²) in [6, 6.07) is 11.8. The number of carbonyl (C=O) groups is 1. The Labute approximate surface area is 188 Å². The molecule has 0 spiro atoms. The molecule has 9 heteroatoms. The molecule has 6 nitrogen and oxygen atoms in total. The van der Waals surface area contributed by atoms with E-state index in [1.165, 1.54) is 19.5 Å². The van der Waals surface area contributed by atoms with Crippen LogP contribution in [-0.4, -0.2) is 24.2 Å². The number of benzene rings is 2. The number of methoxy groups -OCH3 is 1. The van der Waals surface area contributed by atoms with E-state index in [-0.39, 0.29) is 12.5 Å². The highest BCUT2D eigenvalue weighted by Crippen LogP contribution is 2.37. The second-order valence-electron chi connectivity index (χ2n) is 6.00. The SMILES string of the molecule is COc1cc(/C=N/NC(=O)c2cccnc2)cc(Cl)c1OCc1ccc(Cl)cc1Cl. The third kappa shape index (κ3) is 5.63. The molecule has 0 aliphatic heterocycles. The molecule has 1 N–H and O–H groups in total. The van der Waals surface area contributed by atoms with E-state index in [0.717, 1.165) is 5.56 Å². The smallest absolute Gasteiger partial charge is 0.272 e. The zero-order chi connectivity index (χ0) is 21.5. The monoisotopic (exact) mass is 463 g/mol. The van der Waals surface area contributed by atoms with Crippen LogP contribution in [0.25, 0.3) is 0 Å². The Balaban J connectivity index is 1.71. The second-order valence-corrected chi connectivity index (χ2v) is 7.25. The second kappa shape index (κ2) is 10.3. The van der Waals surface area contributed by atoms with Crippen molar-refractivity contribution >= 4 is 46.9 Å². The molecular weight excluding hydrogens is 449 g/mol. The van der Waals surface area contributed by atoms with Gasteiger partial charge in [0.2, 0.25) is 0 Å². The number of hydrogen-bond acceptors (Lipinski definition) is 5. The Morgan fingerprint density at radius 2 is 2.00 bits per heavy atom. The van der Waals surface area contributed by atoms with Gasteiger partial charge in [-0.05, 0) is 42.0 Å². The predicted molar refractivity (Wildman–Crippen MR) is 118 cm³/mol. The van der Waals surface area contributed by atoms with Gasteiger partial charge in [-0.1, -0.05) is 40.9 Å². The van der Waals surface area contributed by atoms with E-state index < -0.39 is 0 Å². The van der Waals surface area contributed by atoms with Crippen molar-refractivity contribution < 1.29 is 14.3 Å². The molecule has 30 heavy (non-hydrogen) atoms. The fraction of sp³-hybridized carbons (Fsp3) is 0.0952. The van der Waals surface area contributed by atoms with Gasteiger partial charge in [0.1, 0.15) is 6.61 Å². The van der Waals surface area contributed by atoms with E-state index in [0.29, 0.717) is 37.7 Å². The topological polar surface area (TPSA) is 72.8 Å². The number of halogens is 3. The van der Waals surface area contributed by atoms with E-state index in [1.54, 1.807) is 48.7 Å². The van der Waals surface area contributed by atoms with Gasteiger partial charge in [0.15, 0.2) is 11.5 Å². The lowest BCUT2D eigenvalue weighted by molar-refractivity contribution is 0.0955. The fourth-order valence-electron chi connectivity index (χ4n) is 2.47. The average molecular weight is 465 g/mol. The summed E-state index contributed by atoms with van der Waals surface area (Å²) < 4.78 is 11.2. The van der Waals surface area contributed by atoms with Crippen molar-refractivity contribution in [2.45, 2.75) is 6.61 Å². The summed E-state index contributed by atoms with van der Waals surface area (Å²) in [6.07, 6.45) is 4.48. The lowest BCUT2D eigenvalue weighted by Crippen LogP contribution is -2.17. The first kappa shape index (κ1) is 21.9. The quantitative estimate of drug-likeness (QED) is 0.376. The minimum Gasteiger partial charge on any atom is -0.493 e.